The lowest BCUT2D eigenvalue weighted by molar-refractivity contribution is 0.374. The molecule has 0 saturated carbocycles. The van der Waals surface area contributed by atoms with E-state index in [-0.39, 0.29) is 0 Å². The summed E-state index contributed by atoms with van der Waals surface area (Å²) < 4.78 is 7.24. The van der Waals surface area contributed by atoms with E-state index in [2.05, 4.69) is 62.9 Å². The predicted octanol–water partition coefficient (Wildman–Crippen LogP) is 1.02. The fourth-order valence-electron chi connectivity index (χ4n) is 2.21. The van der Waals surface area contributed by atoms with Gasteiger partial charge in [-0.15, -0.1) is 0 Å². The van der Waals surface area contributed by atoms with E-state index >= 15 is 0 Å². The smallest absolute Gasteiger partial charge is 0.288 e. The summed E-state index contributed by atoms with van der Waals surface area (Å²) in [5.74, 6) is 0. The molecule has 0 saturated heterocycles. The molecular weight excluding hydrogens is 178 g/mol. The third kappa shape index (κ3) is 2.53. The average Bonchev–Trinajstić information content (AvgIpc) is 1.97. The van der Waals surface area contributed by atoms with Crippen LogP contribution in [0.5, 0.6) is 0 Å². The minimum Gasteiger partial charge on any atom is -0.305 e. The summed E-state index contributed by atoms with van der Waals surface area (Å²) in [6, 6.07) is 1.29. The van der Waals surface area contributed by atoms with Gasteiger partial charge in [0.15, 0.2) is 0 Å². The van der Waals surface area contributed by atoms with Gasteiger partial charge in [-0.25, -0.2) is 0 Å². The van der Waals surface area contributed by atoms with Gasteiger partial charge in [-0.1, -0.05) is 13.3 Å². The van der Waals surface area contributed by atoms with E-state index in [0.29, 0.717) is 0 Å². The van der Waals surface area contributed by atoms with Crippen LogP contribution in [0.3, 0.4) is 0 Å². The van der Waals surface area contributed by atoms with Gasteiger partial charge in [0.05, 0.1) is 0 Å². The van der Waals surface area contributed by atoms with Crippen molar-refractivity contribution in [2.45, 2.75) is 19.4 Å². The highest BCUT2D eigenvalue weighted by Gasteiger charge is 2.41. The van der Waals surface area contributed by atoms with Gasteiger partial charge < -0.3 is 13.7 Å². The Morgan fingerprint density at radius 3 is 1.15 bits per heavy atom. The lowest BCUT2D eigenvalue weighted by Crippen LogP contribution is -2.69. The Labute approximate surface area is 84.6 Å². The van der Waals surface area contributed by atoms with E-state index in [1.165, 1.54) is 12.5 Å². The summed E-state index contributed by atoms with van der Waals surface area (Å²) in [6.45, 7) is 2.26. The van der Waals surface area contributed by atoms with Gasteiger partial charge in [-0.3, -0.25) is 0 Å². The Hall–Kier alpha value is 0.0969. The van der Waals surface area contributed by atoms with Crippen molar-refractivity contribution in [3.8, 4) is 0 Å². The van der Waals surface area contributed by atoms with E-state index < -0.39 is 8.56 Å². The second-order valence-electron chi connectivity index (χ2n) is 4.21. The van der Waals surface area contributed by atoms with E-state index in [0.717, 1.165) is 0 Å². The van der Waals surface area contributed by atoms with Crippen molar-refractivity contribution >= 4 is 8.56 Å². The lowest BCUT2D eigenvalue weighted by atomic mass is 10.6. The lowest BCUT2D eigenvalue weighted by Gasteiger charge is -2.46. The third-order valence-electron chi connectivity index (χ3n) is 2.73. The van der Waals surface area contributed by atoms with Crippen LogP contribution in [-0.4, -0.2) is 64.5 Å². The zero-order valence-electron chi connectivity index (χ0n) is 10.3. The molecule has 0 aromatic carbocycles. The molecule has 0 amide bonds. The Balaban J connectivity index is 4.82. The molecule has 80 valence electrons. The summed E-state index contributed by atoms with van der Waals surface area (Å²) in [5, 5.41) is 0. The molecule has 0 aromatic heterocycles. The molecule has 0 aliphatic carbocycles. The van der Waals surface area contributed by atoms with Crippen LogP contribution >= 0.6 is 0 Å². The fourth-order valence-corrected chi connectivity index (χ4v) is 6.62. The Bertz CT molecular complexity index is 124. The van der Waals surface area contributed by atoms with E-state index in [4.69, 9.17) is 0 Å². The number of hydrogen-bond acceptors (Lipinski definition) is 3. The standard InChI is InChI=1S/C9H25N3Si/c1-8-9-13(10(2)3,11(4)5)12(6)7/h8-9H2,1-7H3. The first-order valence-corrected chi connectivity index (χ1v) is 6.96. The van der Waals surface area contributed by atoms with Crippen molar-refractivity contribution in [1.82, 2.24) is 13.7 Å². The van der Waals surface area contributed by atoms with Crippen LogP contribution in [0, 0.1) is 0 Å². The Kier molecular flexibility index (Phi) is 5.13. The zero-order valence-corrected chi connectivity index (χ0v) is 11.3. The second kappa shape index (κ2) is 5.10. The van der Waals surface area contributed by atoms with E-state index in [1.807, 2.05) is 0 Å². The van der Waals surface area contributed by atoms with Gasteiger partial charge in [0.2, 0.25) is 0 Å². The number of hydrogen-bond donors (Lipinski definition) is 0. The van der Waals surface area contributed by atoms with Crippen molar-refractivity contribution in [3.63, 3.8) is 0 Å². The highest BCUT2D eigenvalue weighted by atomic mass is 28.4. The first-order chi connectivity index (χ1) is 5.89. The van der Waals surface area contributed by atoms with Crippen molar-refractivity contribution in [1.29, 1.82) is 0 Å². The van der Waals surface area contributed by atoms with E-state index in [1.54, 1.807) is 0 Å². The summed E-state index contributed by atoms with van der Waals surface area (Å²) in [4.78, 5) is 0. The summed E-state index contributed by atoms with van der Waals surface area (Å²) in [7, 11) is 11.7. The normalized spacial score (nSPS) is 13.4. The summed E-state index contributed by atoms with van der Waals surface area (Å²) >= 11 is 0. The molecule has 0 unspecified atom stereocenters. The largest absolute Gasteiger partial charge is 0.305 e. The van der Waals surface area contributed by atoms with Gasteiger partial charge in [0.1, 0.15) is 0 Å². The van der Waals surface area contributed by atoms with Crippen LogP contribution in [-0.2, 0) is 0 Å². The highest BCUT2D eigenvalue weighted by Crippen LogP contribution is 2.19. The quantitative estimate of drug-likeness (QED) is 0.618. The van der Waals surface area contributed by atoms with Crippen molar-refractivity contribution < 1.29 is 0 Å². The van der Waals surface area contributed by atoms with Gasteiger partial charge in [0.25, 0.3) is 8.56 Å². The molecule has 0 atom stereocenters. The van der Waals surface area contributed by atoms with Gasteiger partial charge in [-0.05, 0) is 48.3 Å². The Morgan fingerprint density at radius 2 is 1.08 bits per heavy atom. The molecule has 3 nitrogen and oxygen atoms in total. The molecule has 0 spiro atoms. The predicted molar refractivity (Wildman–Crippen MR) is 61.9 cm³/mol. The highest BCUT2D eigenvalue weighted by molar-refractivity contribution is 6.71. The molecule has 13 heavy (non-hydrogen) atoms. The molecule has 0 heterocycles. The Morgan fingerprint density at radius 1 is 0.769 bits per heavy atom. The third-order valence-corrected chi connectivity index (χ3v) is 8.20. The topological polar surface area (TPSA) is 9.72 Å². The molecule has 0 rings (SSSR count). The van der Waals surface area contributed by atoms with Crippen molar-refractivity contribution in [3.05, 3.63) is 0 Å². The van der Waals surface area contributed by atoms with E-state index in [9.17, 15) is 0 Å². The van der Waals surface area contributed by atoms with Crippen LogP contribution in [0.4, 0.5) is 0 Å². The molecule has 0 radical (unpaired) electrons. The van der Waals surface area contributed by atoms with Crippen LogP contribution in [0.2, 0.25) is 6.04 Å². The summed E-state index contributed by atoms with van der Waals surface area (Å²) in [6.07, 6.45) is 1.25. The second-order valence-corrected chi connectivity index (χ2v) is 8.94. The van der Waals surface area contributed by atoms with Gasteiger partial charge >= 0.3 is 0 Å². The van der Waals surface area contributed by atoms with Crippen LogP contribution in [0.25, 0.3) is 0 Å². The van der Waals surface area contributed by atoms with Crippen LogP contribution < -0.4 is 0 Å². The molecule has 0 N–H and O–H groups in total. The molecule has 4 heteroatoms. The zero-order chi connectivity index (χ0) is 10.6. The molecule has 0 aromatic rings. The fraction of sp³-hybridized carbons (Fsp3) is 1.00. The molecular formula is C9H25N3Si. The van der Waals surface area contributed by atoms with Gasteiger partial charge in [0, 0.05) is 0 Å². The SMILES string of the molecule is CCC[Si](N(C)C)(N(C)C)N(C)C. The van der Waals surface area contributed by atoms with Crippen LogP contribution in [0.15, 0.2) is 0 Å². The maximum atomic E-state index is 2.41. The molecule has 0 aliphatic rings. The maximum Gasteiger partial charge on any atom is 0.288 e. The van der Waals surface area contributed by atoms with Crippen molar-refractivity contribution in [2.75, 3.05) is 42.3 Å². The first-order valence-electron chi connectivity index (χ1n) is 4.91. The maximum absolute atomic E-state index is 2.41. The van der Waals surface area contributed by atoms with Crippen LogP contribution in [0.1, 0.15) is 13.3 Å². The van der Waals surface area contributed by atoms with Gasteiger partial charge in [-0.2, -0.15) is 0 Å². The number of nitrogens with zero attached hydrogens (tertiary/aromatic N) is 3. The number of rotatable bonds is 5. The monoisotopic (exact) mass is 203 g/mol. The molecule has 0 fully saturated rings. The molecule has 0 bridgehead atoms. The minimum atomic E-state index is -1.53. The summed E-state index contributed by atoms with van der Waals surface area (Å²) in [5.41, 5.74) is 0. The van der Waals surface area contributed by atoms with Crippen molar-refractivity contribution in [2.24, 2.45) is 0 Å². The minimum absolute atomic E-state index is 1.25. The first kappa shape index (κ1) is 13.1. The average molecular weight is 203 g/mol. The molecule has 0 aliphatic heterocycles.